The molecule has 1 aliphatic heterocycles. The minimum absolute atomic E-state index is 0.187. The topological polar surface area (TPSA) is 110 Å². The lowest BCUT2D eigenvalue weighted by Gasteiger charge is -2.37. The van der Waals surface area contributed by atoms with E-state index in [9.17, 15) is 5.11 Å². The Morgan fingerprint density at radius 3 is 2.69 bits per heavy atom. The van der Waals surface area contributed by atoms with Gasteiger partial charge >= 0.3 is 0 Å². The van der Waals surface area contributed by atoms with Crippen LogP contribution in [0.3, 0.4) is 0 Å². The van der Waals surface area contributed by atoms with E-state index in [-0.39, 0.29) is 5.92 Å². The van der Waals surface area contributed by atoms with E-state index in [0.29, 0.717) is 24.5 Å². The fourth-order valence-corrected chi connectivity index (χ4v) is 5.49. The summed E-state index contributed by atoms with van der Waals surface area (Å²) >= 11 is 0. The first-order chi connectivity index (χ1) is 16.7. The lowest BCUT2D eigenvalue weighted by Crippen LogP contribution is -2.41. The summed E-state index contributed by atoms with van der Waals surface area (Å²) < 4.78 is 3.51. The summed E-state index contributed by atoms with van der Waals surface area (Å²) in [4.78, 5) is 12.0. The average Bonchev–Trinajstić information content (AvgIpc) is 3.39. The molecule has 2 aliphatic rings. The van der Waals surface area contributed by atoms with Crippen LogP contribution in [0.1, 0.15) is 76.1 Å². The van der Waals surface area contributed by atoms with Gasteiger partial charge in [0.05, 0.1) is 29.5 Å². The van der Waals surface area contributed by atoms with Crippen LogP contribution < -0.4 is 10.6 Å². The molecule has 4 aromatic rings. The molecule has 6 rings (SSSR count). The van der Waals surface area contributed by atoms with Crippen molar-refractivity contribution in [2.45, 2.75) is 82.9 Å². The molecular formula is C26H34N8O. The minimum Gasteiger partial charge on any atom is -0.389 e. The molecule has 2 fully saturated rings. The Bertz CT molecular complexity index is 1380. The largest absolute Gasteiger partial charge is 0.389 e. The molecule has 0 amide bonds. The molecule has 4 heterocycles. The van der Waals surface area contributed by atoms with Crippen molar-refractivity contribution in [3.05, 3.63) is 42.0 Å². The Morgan fingerprint density at radius 1 is 1.11 bits per heavy atom. The number of nitrogens with zero attached hydrogens (tertiary/aromatic N) is 7. The first-order valence-corrected chi connectivity index (χ1v) is 12.7. The Hall–Kier alpha value is -3.20. The first kappa shape index (κ1) is 22.3. The lowest BCUT2D eigenvalue weighted by molar-refractivity contribution is 0.0577. The normalized spacial score (nSPS) is 21.7. The van der Waals surface area contributed by atoms with Crippen molar-refractivity contribution in [2.75, 3.05) is 17.2 Å². The highest BCUT2D eigenvalue weighted by atomic mass is 16.3. The van der Waals surface area contributed by atoms with Crippen molar-refractivity contribution in [1.29, 1.82) is 0 Å². The minimum atomic E-state index is -0.810. The van der Waals surface area contributed by atoms with Gasteiger partial charge in [-0.2, -0.15) is 9.61 Å². The first-order valence-electron chi connectivity index (χ1n) is 12.7. The van der Waals surface area contributed by atoms with Crippen LogP contribution >= 0.6 is 0 Å². The summed E-state index contributed by atoms with van der Waals surface area (Å²) in [7, 11) is 0. The summed E-state index contributed by atoms with van der Waals surface area (Å²) in [6.07, 6.45) is 9.78. The highest BCUT2D eigenvalue weighted by Crippen LogP contribution is 2.38. The van der Waals surface area contributed by atoms with E-state index in [1.165, 1.54) is 24.8 Å². The van der Waals surface area contributed by atoms with Gasteiger partial charge < -0.3 is 15.7 Å². The molecule has 1 aromatic carbocycles. The lowest BCUT2D eigenvalue weighted by atomic mass is 9.80. The number of piperidine rings is 1. The second-order valence-corrected chi connectivity index (χ2v) is 11.1. The molecule has 35 heavy (non-hydrogen) atoms. The number of fused-ring (bicyclic) bond motifs is 3. The fraction of sp³-hybridized carbons (Fsp3) is 0.538. The number of nitrogen functional groups attached to an aromatic ring is 1. The van der Waals surface area contributed by atoms with E-state index >= 15 is 0 Å². The number of rotatable bonds is 5. The summed E-state index contributed by atoms with van der Waals surface area (Å²) in [6.45, 7) is 7.09. The van der Waals surface area contributed by atoms with Gasteiger partial charge in [-0.25, -0.2) is 9.97 Å². The van der Waals surface area contributed by atoms with Crippen molar-refractivity contribution in [1.82, 2.24) is 29.4 Å². The predicted octanol–water partition coefficient (Wildman–Crippen LogP) is 3.87. The molecule has 0 spiro atoms. The van der Waals surface area contributed by atoms with E-state index in [2.05, 4.69) is 40.1 Å². The van der Waals surface area contributed by atoms with Crippen LogP contribution in [-0.2, 0) is 6.54 Å². The van der Waals surface area contributed by atoms with Crippen LogP contribution in [-0.4, -0.2) is 52.7 Å². The zero-order valence-electron chi connectivity index (χ0n) is 20.7. The molecule has 1 saturated carbocycles. The maximum absolute atomic E-state index is 10.1. The van der Waals surface area contributed by atoms with Gasteiger partial charge in [-0.1, -0.05) is 12.5 Å². The highest BCUT2D eigenvalue weighted by molar-refractivity contribution is 5.92. The number of hydrogen-bond acceptors (Lipinski definition) is 7. The molecule has 3 aromatic heterocycles. The molecule has 0 radical (unpaired) electrons. The zero-order valence-corrected chi connectivity index (χ0v) is 20.7. The third-order valence-corrected chi connectivity index (χ3v) is 7.66. The highest BCUT2D eigenvalue weighted by Gasteiger charge is 2.31. The maximum Gasteiger partial charge on any atom is 0.223 e. The smallest absolute Gasteiger partial charge is 0.223 e. The van der Waals surface area contributed by atoms with Crippen LogP contribution in [0.5, 0.6) is 0 Å². The van der Waals surface area contributed by atoms with Crippen LogP contribution in [0.25, 0.3) is 16.6 Å². The van der Waals surface area contributed by atoms with Gasteiger partial charge in [0.15, 0.2) is 11.5 Å². The molecule has 1 saturated heterocycles. The number of hydrogen-bond donors (Lipinski definition) is 2. The van der Waals surface area contributed by atoms with Crippen LogP contribution in [0.2, 0.25) is 0 Å². The van der Waals surface area contributed by atoms with Crippen LogP contribution in [0.4, 0.5) is 11.6 Å². The van der Waals surface area contributed by atoms with Gasteiger partial charge in [-0.15, -0.1) is 5.10 Å². The van der Waals surface area contributed by atoms with Gasteiger partial charge in [-0.05, 0) is 70.1 Å². The van der Waals surface area contributed by atoms with E-state index in [1.54, 1.807) is 18.4 Å². The number of aromatic nitrogens is 6. The Morgan fingerprint density at radius 2 is 1.94 bits per heavy atom. The van der Waals surface area contributed by atoms with Crippen molar-refractivity contribution < 1.29 is 5.11 Å². The van der Waals surface area contributed by atoms with Crippen molar-refractivity contribution in [3.8, 4) is 0 Å². The number of anilines is 2. The molecule has 9 heteroatoms. The Kier molecular flexibility index (Phi) is 5.21. The second-order valence-electron chi connectivity index (χ2n) is 11.1. The van der Waals surface area contributed by atoms with Gasteiger partial charge in [0.25, 0.3) is 0 Å². The molecule has 3 N–H and O–H groups in total. The second kappa shape index (κ2) is 8.19. The number of aliphatic hydroxyl groups is 1. The predicted molar refractivity (Wildman–Crippen MR) is 137 cm³/mol. The molecule has 0 bridgehead atoms. The van der Waals surface area contributed by atoms with Gasteiger partial charge in [0.1, 0.15) is 0 Å². The Balaban J connectivity index is 1.30. The summed E-state index contributed by atoms with van der Waals surface area (Å²) in [5, 5.41) is 20.4. The quantitative estimate of drug-likeness (QED) is 0.452. The van der Waals surface area contributed by atoms with Crippen molar-refractivity contribution >= 4 is 28.2 Å². The van der Waals surface area contributed by atoms with Crippen molar-refractivity contribution in [3.63, 3.8) is 0 Å². The third kappa shape index (κ3) is 4.11. The summed E-state index contributed by atoms with van der Waals surface area (Å²) in [5.74, 6) is 2.03. The molecule has 184 valence electrons. The Labute approximate surface area is 205 Å². The third-order valence-electron chi connectivity index (χ3n) is 7.66. The monoisotopic (exact) mass is 474 g/mol. The van der Waals surface area contributed by atoms with Gasteiger partial charge in [0.2, 0.25) is 5.95 Å². The fourth-order valence-electron chi connectivity index (χ4n) is 5.49. The molecular weight excluding hydrogens is 440 g/mol. The van der Waals surface area contributed by atoms with E-state index in [0.717, 1.165) is 47.4 Å². The molecule has 2 atom stereocenters. The number of nitrogens with two attached hydrogens (primary N) is 1. The summed E-state index contributed by atoms with van der Waals surface area (Å²) in [6, 6.07) is 6.92. The summed E-state index contributed by atoms with van der Waals surface area (Å²) in [5.41, 5.74) is 9.62. The number of benzene rings is 1. The zero-order chi connectivity index (χ0) is 24.3. The van der Waals surface area contributed by atoms with E-state index < -0.39 is 5.60 Å². The molecule has 0 unspecified atom stereocenters. The maximum atomic E-state index is 10.1. The van der Waals surface area contributed by atoms with Gasteiger partial charge in [-0.3, -0.25) is 4.68 Å². The van der Waals surface area contributed by atoms with E-state index in [1.807, 2.05) is 17.1 Å². The molecule has 9 nitrogen and oxygen atoms in total. The SMILES string of the molecule is C[C@H]1CC[C@@H](c2nc3c4ccc(C5CCC5)cc4nc(N)n3n2)CN1c1cnn(CC(C)(C)O)c1. The standard InChI is InChI=1S/C26H34N8O/c1-16-7-8-19(13-33(16)20-12-28-32(14-20)15-26(2,3)35)23-30-24-21-10-9-18(17-5-4-6-17)11-22(21)29-25(27)34(24)31-23/h9-12,14,16-17,19,35H,4-8,13,15H2,1-3H3,(H2,27,29)/t16-,19+/m0/s1. The van der Waals surface area contributed by atoms with Crippen LogP contribution in [0.15, 0.2) is 30.6 Å². The van der Waals surface area contributed by atoms with Gasteiger partial charge in [0, 0.05) is 30.1 Å². The molecule has 1 aliphatic carbocycles. The van der Waals surface area contributed by atoms with E-state index in [4.69, 9.17) is 15.8 Å². The average molecular weight is 475 g/mol. The van der Waals surface area contributed by atoms with Crippen LogP contribution in [0, 0.1) is 0 Å². The van der Waals surface area contributed by atoms with Crippen molar-refractivity contribution in [2.24, 2.45) is 0 Å².